The monoisotopic (exact) mass is 451 g/mol. The maximum atomic E-state index is 7.14. The molecule has 0 saturated heterocycles. The van der Waals surface area contributed by atoms with Gasteiger partial charge < -0.3 is 0 Å². The molecular formula is C25H22ClNSe. The molecule has 1 nitrogen and oxygen atoms in total. The van der Waals surface area contributed by atoms with Crippen molar-refractivity contribution in [2.45, 2.75) is 0 Å². The van der Waals surface area contributed by atoms with Gasteiger partial charge in [-0.3, -0.25) is 0 Å². The first-order chi connectivity index (χ1) is 13.6. The van der Waals surface area contributed by atoms with Crippen molar-refractivity contribution in [2.24, 2.45) is 0 Å². The quantitative estimate of drug-likeness (QED) is 0.454. The van der Waals surface area contributed by atoms with E-state index in [0.717, 1.165) is 0 Å². The Bertz CT molecular complexity index is 1060. The number of rotatable bonds is 4. The molecule has 3 heteroatoms. The molecule has 1 atom stereocenters. The van der Waals surface area contributed by atoms with Crippen molar-refractivity contribution in [1.29, 1.82) is 0 Å². The molecular weight excluding hydrogens is 429 g/mol. The van der Waals surface area contributed by atoms with Gasteiger partial charge in [0.1, 0.15) is 0 Å². The number of halogens is 1. The molecule has 0 amide bonds. The van der Waals surface area contributed by atoms with Crippen molar-refractivity contribution in [3.63, 3.8) is 0 Å². The topological polar surface area (TPSA) is 3.24 Å². The number of anilines is 1. The normalized spacial score (nSPS) is 16.4. The van der Waals surface area contributed by atoms with E-state index in [-0.39, 0.29) is 0 Å². The molecule has 0 saturated carbocycles. The van der Waals surface area contributed by atoms with Crippen LogP contribution in [0.3, 0.4) is 0 Å². The van der Waals surface area contributed by atoms with Gasteiger partial charge in [0, 0.05) is 0 Å². The summed E-state index contributed by atoms with van der Waals surface area (Å²) in [5.74, 6) is 0. The zero-order valence-electron chi connectivity index (χ0n) is 16.0. The van der Waals surface area contributed by atoms with Crippen LogP contribution < -0.4 is 4.90 Å². The molecule has 0 spiro atoms. The Hall–Kier alpha value is -2.38. The van der Waals surface area contributed by atoms with Crippen LogP contribution in [-0.2, 0) is 0 Å². The summed E-state index contributed by atoms with van der Waals surface area (Å²) in [5, 5.41) is 0. The van der Waals surface area contributed by atoms with E-state index in [0.29, 0.717) is 0 Å². The minimum absolute atomic E-state index is 1.19. The first-order valence-corrected chi connectivity index (χ1v) is 13.2. The Morgan fingerprint density at radius 1 is 0.643 bits per heavy atom. The predicted molar refractivity (Wildman–Crippen MR) is 125 cm³/mol. The second-order valence-electron chi connectivity index (χ2n) is 6.90. The van der Waals surface area contributed by atoms with E-state index in [1.807, 2.05) is 0 Å². The van der Waals surface area contributed by atoms with E-state index in [4.69, 9.17) is 10.1 Å². The molecule has 1 aliphatic rings. The Labute approximate surface area is 175 Å². The van der Waals surface area contributed by atoms with Crippen LogP contribution in [0.2, 0.25) is 0 Å². The summed E-state index contributed by atoms with van der Waals surface area (Å²) in [7, 11) is 11.3. The molecule has 3 aromatic rings. The van der Waals surface area contributed by atoms with Gasteiger partial charge in [0.2, 0.25) is 0 Å². The summed E-state index contributed by atoms with van der Waals surface area (Å²) < 4.78 is 2.52. The third kappa shape index (κ3) is 3.91. The van der Waals surface area contributed by atoms with Crippen LogP contribution in [0.1, 0.15) is 16.7 Å². The summed E-state index contributed by atoms with van der Waals surface area (Å²) >= 11 is -1.66. The van der Waals surface area contributed by atoms with Crippen LogP contribution in [0.5, 0.6) is 0 Å². The molecule has 140 valence electrons. The van der Waals surface area contributed by atoms with Crippen LogP contribution in [0.15, 0.2) is 97.1 Å². The SMILES string of the molecule is CN(C)c1ccc(C2=CC(c3ccccc3)=CC(c3ccccc3)=[Se]2Cl)cc1. The summed E-state index contributed by atoms with van der Waals surface area (Å²) in [6.07, 6.45) is 4.56. The van der Waals surface area contributed by atoms with Gasteiger partial charge in [0.15, 0.2) is 0 Å². The molecule has 1 unspecified atom stereocenters. The van der Waals surface area contributed by atoms with E-state index in [1.54, 1.807) is 0 Å². The molecule has 0 bridgehead atoms. The fraction of sp³-hybridized carbons (Fsp3) is 0.0800. The molecule has 1 heterocycles. The van der Waals surface area contributed by atoms with Gasteiger partial charge in [-0.25, -0.2) is 0 Å². The number of hydrogen-bond acceptors (Lipinski definition) is 1. The van der Waals surface area contributed by atoms with E-state index in [9.17, 15) is 0 Å². The van der Waals surface area contributed by atoms with Gasteiger partial charge >= 0.3 is 176 Å². The van der Waals surface area contributed by atoms with Gasteiger partial charge in [-0.2, -0.15) is 0 Å². The Kier molecular flexibility index (Phi) is 5.64. The average molecular weight is 451 g/mol. The van der Waals surface area contributed by atoms with Crippen LogP contribution in [-0.4, -0.2) is 31.1 Å². The average Bonchev–Trinajstić information content (AvgIpc) is 2.75. The summed E-state index contributed by atoms with van der Waals surface area (Å²) in [6, 6.07) is 29.8. The molecule has 0 aliphatic carbocycles. The van der Waals surface area contributed by atoms with Crippen molar-refractivity contribution in [2.75, 3.05) is 19.0 Å². The first kappa shape index (κ1) is 19.0. The van der Waals surface area contributed by atoms with Crippen LogP contribution in [0.25, 0.3) is 10.0 Å². The van der Waals surface area contributed by atoms with Crippen LogP contribution in [0, 0.1) is 0 Å². The maximum absolute atomic E-state index is 7.14. The molecule has 28 heavy (non-hydrogen) atoms. The zero-order chi connectivity index (χ0) is 19.5. The number of benzene rings is 3. The van der Waals surface area contributed by atoms with Gasteiger partial charge in [0.05, 0.1) is 0 Å². The fourth-order valence-corrected chi connectivity index (χ4v) is 7.54. The van der Waals surface area contributed by atoms with E-state index < -0.39 is 12.6 Å². The number of allylic oxidation sites excluding steroid dienone is 3. The molecule has 1 aliphatic heterocycles. The molecule has 4 rings (SSSR count). The summed E-state index contributed by atoms with van der Waals surface area (Å²) in [4.78, 5) is 2.12. The van der Waals surface area contributed by atoms with Crippen LogP contribution >= 0.6 is 10.1 Å². The molecule has 0 N–H and O–H groups in total. The van der Waals surface area contributed by atoms with Crippen molar-refractivity contribution < 1.29 is 0 Å². The molecule has 0 radical (unpaired) electrons. The van der Waals surface area contributed by atoms with Crippen molar-refractivity contribution >= 4 is 42.8 Å². The Balaban J connectivity index is 1.87. The van der Waals surface area contributed by atoms with E-state index >= 15 is 0 Å². The third-order valence-corrected chi connectivity index (χ3v) is 9.62. The first-order valence-electron chi connectivity index (χ1n) is 9.23. The van der Waals surface area contributed by atoms with Crippen LogP contribution in [0.4, 0.5) is 5.69 Å². The fourth-order valence-electron chi connectivity index (χ4n) is 3.24. The minimum atomic E-state index is -1.66. The van der Waals surface area contributed by atoms with Crippen molar-refractivity contribution in [1.82, 2.24) is 0 Å². The van der Waals surface area contributed by atoms with Gasteiger partial charge in [-0.1, -0.05) is 0 Å². The number of hydrogen-bond donors (Lipinski definition) is 0. The third-order valence-electron chi connectivity index (χ3n) is 4.79. The summed E-state index contributed by atoms with van der Waals surface area (Å²) in [6.45, 7) is 0. The summed E-state index contributed by atoms with van der Waals surface area (Å²) in [5.41, 5.74) is 6.05. The number of nitrogens with zero attached hydrogens (tertiary/aromatic N) is 1. The predicted octanol–water partition coefficient (Wildman–Crippen LogP) is 5.81. The Morgan fingerprint density at radius 2 is 1.21 bits per heavy atom. The second kappa shape index (κ2) is 8.32. The van der Waals surface area contributed by atoms with Crippen molar-refractivity contribution in [3.05, 3.63) is 114 Å². The second-order valence-corrected chi connectivity index (χ2v) is 11.4. The van der Waals surface area contributed by atoms with Gasteiger partial charge in [0.25, 0.3) is 0 Å². The van der Waals surface area contributed by atoms with E-state index in [1.165, 1.54) is 36.8 Å². The van der Waals surface area contributed by atoms with Gasteiger partial charge in [-0.05, 0) is 0 Å². The molecule has 0 fully saturated rings. The molecule has 3 aromatic carbocycles. The standard InChI is InChI=1S/C25H22ClNSe/c1-27(2)23-15-13-21(14-16-23)25-18-22(19-9-5-3-6-10-19)17-24(28(25)26)20-11-7-4-8-12-20/h3-18H,1-2H3. The Morgan fingerprint density at radius 3 is 1.79 bits per heavy atom. The van der Waals surface area contributed by atoms with E-state index in [2.05, 4.69) is 116 Å². The zero-order valence-corrected chi connectivity index (χ0v) is 18.4. The molecule has 0 aromatic heterocycles. The van der Waals surface area contributed by atoms with Gasteiger partial charge in [-0.15, -0.1) is 0 Å². The van der Waals surface area contributed by atoms with Crippen molar-refractivity contribution in [3.8, 4) is 0 Å².